The standard InChI is InChI=1S/C39H71NO7/c1-6-8-10-12-14-16-17-18-19-20-21-22-24-26-28-30-38(42)47-35(33-45-32-31-36(39(43)44)40(3,4)5)34-46-37(41)29-27-25-23-15-13-11-9-7-2/h14,16-18,35-36H,6-13,15,19-34H2,1-5H3/p+1/b16-14+,18-17+. The van der Waals surface area contributed by atoms with Gasteiger partial charge >= 0.3 is 17.9 Å². The van der Waals surface area contributed by atoms with Gasteiger partial charge in [-0.3, -0.25) is 9.59 Å². The molecule has 0 aromatic carbocycles. The number of allylic oxidation sites excluding steroid dienone is 4. The van der Waals surface area contributed by atoms with Crippen molar-refractivity contribution in [3.8, 4) is 0 Å². The zero-order valence-corrected chi connectivity index (χ0v) is 31.0. The molecule has 0 aliphatic carbocycles. The van der Waals surface area contributed by atoms with E-state index < -0.39 is 18.1 Å². The second-order valence-corrected chi connectivity index (χ2v) is 13.9. The van der Waals surface area contributed by atoms with Crippen molar-refractivity contribution < 1.29 is 38.2 Å². The monoisotopic (exact) mass is 667 g/mol. The first-order valence-electron chi connectivity index (χ1n) is 18.9. The molecule has 0 aromatic heterocycles. The Bertz CT molecular complexity index is 834. The van der Waals surface area contributed by atoms with Gasteiger partial charge in [-0.15, -0.1) is 0 Å². The highest BCUT2D eigenvalue weighted by atomic mass is 16.6. The quantitative estimate of drug-likeness (QED) is 0.0322. The van der Waals surface area contributed by atoms with E-state index in [1.54, 1.807) is 0 Å². The van der Waals surface area contributed by atoms with Crippen molar-refractivity contribution >= 4 is 17.9 Å². The molecule has 274 valence electrons. The van der Waals surface area contributed by atoms with E-state index in [2.05, 4.69) is 38.2 Å². The number of esters is 2. The molecule has 1 N–H and O–H groups in total. The summed E-state index contributed by atoms with van der Waals surface area (Å²) in [4.78, 5) is 36.6. The van der Waals surface area contributed by atoms with E-state index in [9.17, 15) is 19.5 Å². The molecule has 0 fully saturated rings. The molecule has 0 spiro atoms. The van der Waals surface area contributed by atoms with E-state index in [-0.39, 0.29) is 36.2 Å². The van der Waals surface area contributed by atoms with Gasteiger partial charge < -0.3 is 23.8 Å². The molecule has 8 nitrogen and oxygen atoms in total. The number of likely N-dealkylation sites (N-methyl/N-ethyl adjacent to an activating group) is 1. The van der Waals surface area contributed by atoms with E-state index in [4.69, 9.17) is 14.2 Å². The molecular formula is C39H72NO7+. The molecule has 0 rings (SSSR count). The number of hydrogen-bond acceptors (Lipinski definition) is 6. The van der Waals surface area contributed by atoms with Gasteiger partial charge in [-0.2, -0.15) is 0 Å². The van der Waals surface area contributed by atoms with Crippen LogP contribution in [0.15, 0.2) is 24.3 Å². The van der Waals surface area contributed by atoms with E-state index in [1.807, 2.05) is 21.1 Å². The van der Waals surface area contributed by atoms with Crippen molar-refractivity contribution in [1.29, 1.82) is 0 Å². The number of carboxylic acids is 1. The van der Waals surface area contributed by atoms with Gasteiger partial charge in [0.25, 0.3) is 0 Å². The second-order valence-electron chi connectivity index (χ2n) is 13.9. The lowest BCUT2D eigenvalue weighted by atomic mass is 10.1. The number of quaternary nitrogens is 1. The van der Waals surface area contributed by atoms with Gasteiger partial charge in [0.1, 0.15) is 6.61 Å². The number of hydrogen-bond donors (Lipinski definition) is 1. The lowest BCUT2D eigenvalue weighted by Gasteiger charge is -2.31. The maximum absolute atomic E-state index is 12.6. The minimum atomic E-state index is -0.878. The summed E-state index contributed by atoms with van der Waals surface area (Å²) in [7, 11) is 5.51. The minimum Gasteiger partial charge on any atom is -0.477 e. The molecule has 0 bridgehead atoms. The topological polar surface area (TPSA) is 99.1 Å². The van der Waals surface area contributed by atoms with Crippen molar-refractivity contribution in [2.24, 2.45) is 0 Å². The first-order chi connectivity index (χ1) is 22.6. The number of ether oxygens (including phenoxy) is 3. The summed E-state index contributed by atoms with van der Waals surface area (Å²) in [5.74, 6) is -1.49. The van der Waals surface area contributed by atoms with Crippen molar-refractivity contribution in [3.63, 3.8) is 0 Å². The number of carbonyl (C=O) groups is 3. The summed E-state index contributed by atoms with van der Waals surface area (Å²) in [6, 6.07) is -0.612. The first kappa shape index (κ1) is 44.8. The van der Waals surface area contributed by atoms with Gasteiger partial charge in [0.2, 0.25) is 0 Å². The van der Waals surface area contributed by atoms with Crippen LogP contribution in [-0.4, -0.2) is 80.6 Å². The van der Waals surface area contributed by atoms with E-state index in [0.29, 0.717) is 19.3 Å². The second kappa shape index (κ2) is 31.1. The number of unbranched alkanes of at least 4 members (excludes halogenated alkanes) is 16. The maximum Gasteiger partial charge on any atom is 0.362 e. The summed E-state index contributed by atoms with van der Waals surface area (Å²) in [5, 5.41) is 9.56. The number of rotatable bonds is 33. The van der Waals surface area contributed by atoms with E-state index in [1.165, 1.54) is 70.6 Å². The Morgan fingerprint density at radius 3 is 1.64 bits per heavy atom. The van der Waals surface area contributed by atoms with Gasteiger partial charge in [0, 0.05) is 19.3 Å². The summed E-state index contributed by atoms with van der Waals surface area (Å²) < 4.78 is 17.1. The molecule has 0 aliphatic heterocycles. The molecular weight excluding hydrogens is 594 g/mol. The fourth-order valence-corrected chi connectivity index (χ4v) is 5.37. The van der Waals surface area contributed by atoms with Crippen LogP contribution in [0.2, 0.25) is 0 Å². The van der Waals surface area contributed by atoms with Gasteiger partial charge in [0.05, 0.1) is 34.4 Å². The van der Waals surface area contributed by atoms with Crippen LogP contribution in [0.4, 0.5) is 0 Å². The van der Waals surface area contributed by atoms with Crippen LogP contribution in [0, 0.1) is 0 Å². The third kappa shape index (κ3) is 29.7. The van der Waals surface area contributed by atoms with Crippen LogP contribution in [0.1, 0.15) is 155 Å². The molecule has 0 aromatic rings. The molecule has 2 unspecified atom stereocenters. The van der Waals surface area contributed by atoms with Crippen LogP contribution in [0.25, 0.3) is 0 Å². The molecule has 0 saturated heterocycles. The van der Waals surface area contributed by atoms with Crippen LogP contribution in [0.3, 0.4) is 0 Å². The zero-order chi connectivity index (χ0) is 35.0. The van der Waals surface area contributed by atoms with Crippen molar-refractivity contribution in [2.45, 2.75) is 167 Å². The highest BCUT2D eigenvalue weighted by Gasteiger charge is 2.31. The Morgan fingerprint density at radius 2 is 1.11 bits per heavy atom. The van der Waals surface area contributed by atoms with Crippen molar-refractivity contribution in [2.75, 3.05) is 41.0 Å². The van der Waals surface area contributed by atoms with E-state index in [0.717, 1.165) is 51.4 Å². The number of carbonyl (C=O) groups excluding carboxylic acids is 2. The average Bonchev–Trinajstić information content (AvgIpc) is 3.01. The van der Waals surface area contributed by atoms with Crippen LogP contribution in [0.5, 0.6) is 0 Å². The molecule has 8 heteroatoms. The van der Waals surface area contributed by atoms with Crippen molar-refractivity contribution in [3.05, 3.63) is 24.3 Å². The first-order valence-corrected chi connectivity index (χ1v) is 18.9. The van der Waals surface area contributed by atoms with E-state index >= 15 is 0 Å². The molecule has 0 amide bonds. The summed E-state index contributed by atoms with van der Waals surface area (Å²) >= 11 is 0. The SMILES string of the molecule is CCCCC/C=C/C=C/CCCCCCCCC(=O)OC(COCCC(C(=O)O)[N+](C)(C)C)COC(=O)CCCCCCCCCC. The largest absolute Gasteiger partial charge is 0.477 e. The fourth-order valence-electron chi connectivity index (χ4n) is 5.37. The van der Waals surface area contributed by atoms with Crippen LogP contribution in [-0.2, 0) is 28.6 Å². The summed E-state index contributed by atoms with van der Waals surface area (Å²) in [5.41, 5.74) is 0. The Kier molecular flexibility index (Phi) is 29.7. The van der Waals surface area contributed by atoms with Gasteiger partial charge in [-0.05, 0) is 38.5 Å². The predicted octanol–water partition coefficient (Wildman–Crippen LogP) is 9.35. The highest BCUT2D eigenvalue weighted by molar-refractivity contribution is 5.72. The van der Waals surface area contributed by atoms with Gasteiger partial charge in [-0.25, -0.2) is 4.79 Å². The lowest BCUT2D eigenvalue weighted by Crippen LogP contribution is -2.50. The predicted molar refractivity (Wildman–Crippen MR) is 192 cm³/mol. The van der Waals surface area contributed by atoms with Crippen LogP contribution >= 0.6 is 0 Å². The number of carboxylic acid groups (broad SMARTS) is 1. The van der Waals surface area contributed by atoms with Crippen molar-refractivity contribution in [1.82, 2.24) is 0 Å². The molecule has 47 heavy (non-hydrogen) atoms. The zero-order valence-electron chi connectivity index (χ0n) is 31.0. The Balaban J connectivity index is 4.42. The molecule has 0 aliphatic rings. The smallest absolute Gasteiger partial charge is 0.362 e. The Labute approximate surface area is 288 Å². The lowest BCUT2D eigenvalue weighted by molar-refractivity contribution is -0.887. The maximum atomic E-state index is 12.6. The normalized spacial score (nSPS) is 13.3. The van der Waals surface area contributed by atoms with Crippen LogP contribution < -0.4 is 0 Å². The summed E-state index contributed by atoms with van der Waals surface area (Å²) in [6.45, 7) is 4.65. The summed E-state index contributed by atoms with van der Waals surface area (Å²) in [6.07, 6.45) is 30.8. The average molecular weight is 667 g/mol. The Morgan fingerprint density at radius 1 is 0.638 bits per heavy atom. The minimum absolute atomic E-state index is 0.0532. The molecule has 0 heterocycles. The third-order valence-electron chi connectivity index (χ3n) is 8.38. The number of aliphatic carboxylic acids is 1. The Hall–Kier alpha value is -2.19. The fraction of sp³-hybridized carbons (Fsp3) is 0.821. The molecule has 0 radical (unpaired) electrons. The number of nitrogens with zero attached hydrogens (tertiary/aromatic N) is 1. The van der Waals surface area contributed by atoms with Gasteiger partial charge in [-0.1, -0.05) is 122 Å². The molecule has 0 saturated carbocycles. The highest BCUT2D eigenvalue weighted by Crippen LogP contribution is 2.13. The van der Waals surface area contributed by atoms with Gasteiger partial charge in [0.15, 0.2) is 12.1 Å². The third-order valence-corrected chi connectivity index (χ3v) is 8.38. The molecule has 2 atom stereocenters.